The molecule has 0 unspecified atom stereocenters. The second-order valence-corrected chi connectivity index (χ2v) is 12.8. The van der Waals surface area contributed by atoms with Gasteiger partial charge in [0.05, 0.1) is 21.6 Å². The molecule has 0 spiro atoms. The molecule has 0 radical (unpaired) electrons. The average Bonchev–Trinajstić information content (AvgIpc) is 3.32. The highest BCUT2D eigenvalue weighted by Gasteiger charge is 2.28. The normalized spacial score (nSPS) is 11.4. The summed E-state index contributed by atoms with van der Waals surface area (Å²) in [5, 5.41) is 9.30. The maximum Gasteiger partial charge on any atom is 0.265 e. The first-order chi connectivity index (χ1) is 20.6. The van der Waals surface area contributed by atoms with Crippen LogP contribution in [-0.4, -0.2) is 54.9 Å². The summed E-state index contributed by atoms with van der Waals surface area (Å²) in [5.74, 6) is 0.954. The molecular formula is C33H39Cl3N6O2S. The number of amidine groups is 1. The third-order valence-corrected chi connectivity index (χ3v) is 10.2. The number of aryl methyl sites for hydroxylation is 3. The summed E-state index contributed by atoms with van der Waals surface area (Å²) in [6.07, 6.45) is 1.48. The van der Waals surface area contributed by atoms with Gasteiger partial charge in [-0.05, 0) is 60.8 Å². The predicted molar refractivity (Wildman–Crippen MR) is 191 cm³/mol. The third kappa shape index (κ3) is 7.56. The van der Waals surface area contributed by atoms with E-state index in [1.807, 2.05) is 67.7 Å². The van der Waals surface area contributed by atoms with Crippen molar-refractivity contribution in [1.29, 1.82) is 5.41 Å². The second-order valence-electron chi connectivity index (χ2n) is 10.6. The van der Waals surface area contributed by atoms with Gasteiger partial charge in [0, 0.05) is 42.5 Å². The molecule has 0 aliphatic heterocycles. The number of fused-ring (bicyclic) bond motifs is 2. The van der Waals surface area contributed by atoms with Gasteiger partial charge in [-0.1, -0.05) is 74.0 Å². The lowest BCUT2D eigenvalue weighted by Gasteiger charge is -2.28. The first-order valence-corrected chi connectivity index (χ1v) is 16.3. The van der Waals surface area contributed by atoms with E-state index in [-0.39, 0.29) is 42.1 Å². The predicted octanol–water partition coefficient (Wildman–Crippen LogP) is 6.83. The minimum Gasteiger partial charge on any atom is -0.384 e. The molecule has 8 nitrogen and oxygen atoms in total. The van der Waals surface area contributed by atoms with E-state index >= 15 is 0 Å². The number of anilines is 1. The average molecular weight is 690 g/mol. The molecule has 12 heteroatoms. The number of nitrogens with zero attached hydrogens (tertiary/aromatic N) is 4. The minimum absolute atomic E-state index is 0. The monoisotopic (exact) mass is 688 g/mol. The summed E-state index contributed by atoms with van der Waals surface area (Å²) in [6, 6.07) is 24.0. The Morgan fingerprint density at radius 2 is 1.60 bits per heavy atom. The third-order valence-electron chi connectivity index (χ3n) is 8.04. The van der Waals surface area contributed by atoms with Crippen molar-refractivity contribution in [2.24, 2.45) is 12.8 Å². The van der Waals surface area contributed by atoms with Crippen LogP contribution < -0.4 is 10.0 Å². The zero-order chi connectivity index (χ0) is 30.7. The number of hydrogen-bond acceptors (Lipinski definition) is 5. The summed E-state index contributed by atoms with van der Waals surface area (Å²) >= 11 is 6.57. The second kappa shape index (κ2) is 15.3. The van der Waals surface area contributed by atoms with E-state index < -0.39 is 10.0 Å². The number of nitrogens with two attached hydrogens (primary N) is 1. The van der Waals surface area contributed by atoms with Crippen molar-refractivity contribution < 1.29 is 8.42 Å². The van der Waals surface area contributed by atoms with Gasteiger partial charge in [-0.15, -0.1) is 24.8 Å². The van der Waals surface area contributed by atoms with Crippen molar-refractivity contribution >= 4 is 79.8 Å². The Balaban J connectivity index is 0.00000276. The Morgan fingerprint density at radius 1 is 0.933 bits per heavy atom. The number of likely N-dealkylation sites (N-methyl/N-ethyl adjacent to an activating group) is 1. The molecule has 0 amide bonds. The fourth-order valence-electron chi connectivity index (χ4n) is 5.48. The van der Waals surface area contributed by atoms with Crippen LogP contribution in [0, 0.1) is 5.41 Å². The van der Waals surface area contributed by atoms with Gasteiger partial charge in [-0.25, -0.2) is 13.4 Å². The summed E-state index contributed by atoms with van der Waals surface area (Å²) in [7, 11) is -2.00. The first-order valence-electron chi connectivity index (χ1n) is 14.4. The lowest BCUT2D eigenvalue weighted by Crippen LogP contribution is -2.39. The number of nitrogens with one attached hydrogen (secondary N) is 1. The highest BCUT2D eigenvalue weighted by Crippen LogP contribution is 2.34. The molecule has 5 rings (SSSR count). The molecular weight excluding hydrogens is 651 g/mol. The fraction of sp³-hybridized carbons (Fsp3) is 0.273. The van der Waals surface area contributed by atoms with Crippen LogP contribution in [0.1, 0.15) is 30.8 Å². The lowest BCUT2D eigenvalue weighted by atomic mass is 10.1. The van der Waals surface area contributed by atoms with Gasteiger partial charge in [-0.3, -0.25) is 9.71 Å². The van der Waals surface area contributed by atoms with Crippen molar-refractivity contribution in [3.05, 3.63) is 101 Å². The largest absolute Gasteiger partial charge is 0.384 e. The molecule has 0 atom stereocenters. The molecule has 4 aromatic carbocycles. The van der Waals surface area contributed by atoms with Gasteiger partial charge in [-0.2, -0.15) is 0 Å². The number of halogens is 3. The summed E-state index contributed by atoms with van der Waals surface area (Å²) in [5.41, 5.74) is 9.64. The summed E-state index contributed by atoms with van der Waals surface area (Å²) < 4.78 is 32.4. The van der Waals surface area contributed by atoms with Gasteiger partial charge in [0.2, 0.25) is 0 Å². The van der Waals surface area contributed by atoms with Crippen molar-refractivity contribution in [1.82, 2.24) is 14.5 Å². The SMILES string of the molecule is CCN(CC)CCN(c1ccc2c(c1)nc(CCc1ccc(C(=N)N)cc1)n2C)S(=O)(=O)c1cccc2cccc(Cl)c12.Cl.Cl. The number of sulfonamides is 1. The molecule has 240 valence electrons. The van der Waals surface area contributed by atoms with E-state index in [4.69, 9.17) is 27.7 Å². The maximum atomic E-state index is 14.4. The van der Waals surface area contributed by atoms with Crippen LogP contribution in [-0.2, 0) is 29.9 Å². The van der Waals surface area contributed by atoms with Crippen molar-refractivity contribution in [3.63, 3.8) is 0 Å². The zero-order valence-electron chi connectivity index (χ0n) is 25.5. The van der Waals surface area contributed by atoms with Gasteiger partial charge >= 0.3 is 0 Å². The van der Waals surface area contributed by atoms with Crippen LogP contribution in [0.25, 0.3) is 21.8 Å². The smallest absolute Gasteiger partial charge is 0.265 e. The number of rotatable bonds is 12. The quantitative estimate of drug-likeness (QED) is 0.110. The molecule has 0 saturated heterocycles. The molecule has 0 fully saturated rings. The van der Waals surface area contributed by atoms with Crippen molar-refractivity contribution in [2.75, 3.05) is 30.5 Å². The van der Waals surface area contributed by atoms with Crippen molar-refractivity contribution in [3.8, 4) is 0 Å². The minimum atomic E-state index is -3.98. The van der Waals surface area contributed by atoms with Gasteiger partial charge in [0.15, 0.2) is 0 Å². The molecule has 45 heavy (non-hydrogen) atoms. The van der Waals surface area contributed by atoms with Crippen LogP contribution >= 0.6 is 36.4 Å². The van der Waals surface area contributed by atoms with Gasteiger partial charge < -0.3 is 15.2 Å². The van der Waals surface area contributed by atoms with Crippen LogP contribution in [0.15, 0.2) is 83.8 Å². The number of hydrogen-bond donors (Lipinski definition) is 2. The van der Waals surface area contributed by atoms with Gasteiger partial charge in [0.25, 0.3) is 10.0 Å². The van der Waals surface area contributed by atoms with E-state index in [0.29, 0.717) is 34.6 Å². The summed E-state index contributed by atoms with van der Waals surface area (Å²) in [4.78, 5) is 7.31. The zero-order valence-corrected chi connectivity index (χ0v) is 28.7. The molecule has 3 N–H and O–H groups in total. The Bertz CT molecular complexity index is 1890. The summed E-state index contributed by atoms with van der Waals surface area (Å²) in [6.45, 7) is 6.66. The molecule has 1 heterocycles. The van der Waals surface area contributed by atoms with E-state index in [1.165, 1.54) is 4.31 Å². The molecule has 0 bridgehead atoms. The van der Waals surface area contributed by atoms with Crippen LogP contribution in [0.5, 0.6) is 0 Å². The molecule has 0 aliphatic carbocycles. The standard InChI is InChI=1S/C33H37ClN6O2S.2ClH/c1-4-39(5-2)20-21-40(43(41,42)30-11-7-9-24-8-6-10-27(34)32(24)30)26-17-18-29-28(22-26)37-31(38(29)3)19-14-23-12-15-25(16-13-23)33(35)36;;/h6-13,15-18,22H,4-5,14,19-21H2,1-3H3,(H3,35,36);2*1H. The Hall–Kier alpha value is -3.34. The lowest BCUT2D eigenvalue weighted by molar-refractivity contribution is 0.313. The number of benzene rings is 4. The number of nitrogen functional groups attached to an aromatic ring is 1. The number of imidazole rings is 1. The van der Waals surface area contributed by atoms with Crippen molar-refractivity contribution in [2.45, 2.75) is 31.6 Å². The van der Waals surface area contributed by atoms with E-state index in [1.54, 1.807) is 18.2 Å². The van der Waals surface area contributed by atoms with E-state index in [9.17, 15) is 8.42 Å². The highest BCUT2D eigenvalue weighted by atomic mass is 35.5. The van der Waals surface area contributed by atoms with Crippen LogP contribution in [0.2, 0.25) is 5.02 Å². The fourth-order valence-corrected chi connectivity index (χ4v) is 7.51. The Labute approximate surface area is 282 Å². The van der Waals surface area contributed by atoms with Crippen LogP contribution in [0.3, 0.4) is 0 Å². The topological polar surface area (TPSA) is 108 Å². The molecule has 1 aromatic heterocycles. The number of aromatic nitrogens is 2. The van der Waals surface area contributed by atoms with Crippen LogP contribution in [0.4, 0.5) is 5.69 Å². The Morgan fingerprint density at radius 3 is 2.24 bits per heavy atom. The molecule has 0 saturated carbocycles. The molecule has 0 aliphatic rings. The molecule has 5 aromatic rings. The van der Waals surface area contributed by atoms with Gasteiger partial charge in [0.1, 0.15) is 11.7 Å². The first kappa shape index (κ1) is 36.1. The van der Waals surface area contributed by atoms with E-state index in [0.717, 1.165) is 47.3 Å². The highest BCUT2D eigenvalue weighted by molar-refractivity contribution is 7.93. The van der Waals surface area contributed by atoms with E-state index in [2.05, 4.69) is 23.3 Å². The maximum absolute atomic E-state index is 14.4. The Kier molecular flexibility index (Phi) is 12.3.